The molecular formula is C9H20O3S. The van der Waals surface area contributed by atoms with E-state index < -0.39 is 10.8 Å². The molecule has 0 aliphatic rings. The molecule has 0 aliphatic carbocycles. The molecule has 0 spiro atoms. The number of methoxy groups -OCH3 is 2. The van der Waals surface area contributed by atoms with Gasteiger partial charge in [0, 0.05) is 30.8 Å². The van der Waals surface area contributed by atoms with Crippen molar-refractivity contribution in [1.29, 1.82) is 0 Å². The summed E-state index contributed by atoms with van der Waals surface area (Å²) in [5, 5.41) is 0.171. The zero-order chi connectivity index (χ0) is 10.1. The van der Waals surface area contributed by atoms with Gasteiger partial charge in [-0.05, 0) is 6.42 Å². The first-order valence-corrected chi connectivity index (χ1v) is 5.99. The lowest BCUT2D eigenvalue weighted by atomic mass is 10.2. The number of hydrogen-bond donors (Lipinski definition) is 0. The normalized spacial score (nSPS) is 15.6. The van der Waals surface area contributed by atoms with E-state index >= 15 is 0 Å². The average molecular weight is 208 g/mol. The van der Waals surface area contributed by atoms with Gasteiger partial charge in [0.25, 0.3) is 0 Å². The highest BCUT2D eigenvalue weighted by molar-refractivity contribution is 7.85. The molecule has 0 aliphatic heterocycles. The van der Waals surface area contributed by atoms with Gasteiger partial charge < -0.3 is 9.47 Å². The SMILES string of the molecule is CCCC(COC)S(=O)CCOC. The first-order valence-electron chi connectivity index (χ1n) is 4.61. The molecule has 0 radical (unpaired) electrons. The minimum Gasteiger partial charge on any atom is -0.384 e. The minimum atomic E-state index is -0.807. The van der Waals surface area contributed by atoms with Crippen molar-refractivity contribution < 1.29 is 13.7 Å². The molecule has 13 heavy (non-hydrogen) atoms. The van der Waals surface area contributed by atoms with Crippen molar-refractivity contribution in [2.24, 2.45) is 0 Å². The van der Waals surface area contributed by atoms with Gasteiger partial charge in [0.05, 0.1) is 18.5 Å². The van der Waals surface area contributed by atoms with Gasteiger partial charge in [-0.3, -0.25) is 4.21 Å². The van der Waals surface area contributed by atoms with Crippen LogP contribution in [0.2, 0.25) is 0 Å². The van der Waals surface area contributed by atoms with Crippen molar-refractivity contribution in [3.8, 4) is 0 Å². The maximum atomic E-state index is 11.6. The van der Waals surface area contributed by atoms with Crippen LogP contribution in [-0.4, -0.2) is 42.6 Å². The molecule has 2 atom stereocenters. The molecule has 0 aromatic heterocycles. The smallest absolute Gasteiger partial charge is 0.0606 e. The number of rotatable bonds is 8. The van der Waals surface area contributed by atoms with Gasteiger partial charge in [-0.2, -0.15) is 0 Å². The Balaban J connectivity index is 3.80. The maximum Gasteiger partial charge on any atom is 0.0606 e. The zero-order valence-corrected chi connectivity index (χ0v) is 9.56. The molecular weight excluding hydrogens is 188 g/mol. The van der Waals surface area contributed by atoms with Gasteiger partial charge in [0.15, 0.2) is 0 Å². The Labute approximate surface area is 83.3 Å². The summed E-state index contributed by atoms with van der Waals surface area (Å²) >= 11 is 0. The predicted molar refractivity (Wildman–Crippen MR) is 55.5 cm³/mol. The van der Waals surface area contributed by atoms with E-state index in [0.717, 1.165) is 12.8 Å². The van der Waals surface area contributed by atoms with Crippen LogP contribution in [0.1, 0.15) is 19.8 Å². The lowest BCUT2D eigenvalue weighted by Gasteiger charge is -2.14. The molecule has 0 saturated carbocycles. The molecule has 3 nitrogen and oxygen atoms in total. The van der Waals surface area contributed by atoms with Crippen LogP contribution < -0.4 is 0 Å². The third-order valence-electron chi connectivity index (χ3n) is 1.82. The Morgan fingerprint density at radius 2 is 2.00 bits per heavy atom. The predicted octanol–water partition coefficient (Wildman–Crippen LogP) is 1.20. The van der Waals surface area contributed by atoms with Crippen LogP contribution in [0.5, 0.6) is 0 Å². The average Bonchev–Trinajstić information content (AvgIpc) is 2.14. The highest BCUT2D eigenvalue weighted by Gasteiger charge is 2.14. The summed E-state index contributed by atoms with van der Waals surface area (Å²) in [7, 11) is 2.47. The Morgan fingerprint density at radius 3 is 2.46 bits per heavy atom. The Morgan fingerprint density at radius 1 is 1.31 bits per heavy atom. The first-order chi connectivity index (χ1) is 6.26. The second kappa shape index (κ2) is 8.66. The molecule has 0 aromatic rings. The Kier molecular flexibility index (Phi) is 8.71. The van der Waals surface area contributed by atoms with E-state index in [9.17, 15) is 4.21 Å². The highest BCUT2D eigenvalue weighted by Crippen LogP contribution is 2.06. The third-order valence-corrected chi connectivity index (χ3v) is 3.51. The fourth-order valence-corrected chi connectivity index (χ4v) is 2.58. The summed E-state index contributed by atoms with van der Waals surface area (Å²) in [6, 6.07) is 0. The summed E-state index contributed by atoms with van der Waals surface area (Å²) in [6.07, 6.45) is 2.01. The highest BCUT2D eigenvalue weighted by atomic mass is 32.2. The van der Waals surface area contributed by atoms with Gasteiger partial charge in [-0.1, -0.05) is 13.3 Å². The molecule has 0 fully saturated rings. The van der Waals surface area contributed by atoms with Gasteiger partial charge in [-0.25, -0.2) is 0 Å². The standard InChI is InChI=1S/C9H20O3S/c1-4-5-9(8-12-3)13(10)7-6-11-2/h9H,4-8H2,1-3H3. The Hall–Kier alpha value is 0.0700. The van der Waals surface area contributed by atoms with Crippen molar-refractivity contribution in [2.45, 2.75) is 25.0 Å². The van der Waals surface area contributed by atoms with Crippen molar-refractivity contribution in [3.05, 3.63) is 0 Å². The fraction of sp³-hybridized carbons (Fsp3) is 1.00. The number of ether oxygens (including phenoxy) is 2. The summed E-state index contributed by atoms with van der Waals surface area (Å²) in [5.41, 5.74) is 0. The van der Waals surface area contributed by atoms with Crippen LogP contribution >= 0.6 is 0 Å². The van der Waals surface area contributed by atoms with Crippen LogP contribution in [0.15, 0.2) is 0 Å². The molecule has 0 N–H and O–H groups in total. The molecule has 0 rings (SSSR count). The third kappa shape index (κ3) is 6.18. The van der Waals surface area contributed by atoms with Gasteiger partial charge in [0.2, 0.25) is 0 Å². The Bertz CT molecular complexity index is 133. The van der Waals surface area contributed by atoms with E-state index in [0.29, 0.717) is 19.0 Å². The zero-order valence-electron chi connectivity index (χ0n) is 8.75. The van der Waals surface area contributed by atoms with Crippen molar-refractivity contribution >= 4 is 10.8 Å². The monoisotopic (exact) mass is 208 g/mol. The second-order valence-corrected chi connectivity index (χ2v) is 4.78. The summed E-state index contributed by atoms with van der Waals surface area (Å²) in [4.78, 5) is 0. The molecule has 0 saturated heterocycles. The van der Waals surface area contributed by atoms with Gasteiger partial charge in [-0.15, -0.1) is 0 Å². The maximum absolute atomic E-state index is 11.6. The van der Waals surface area contributed by atoms with Crippen LogP contribution in [0, 0.1) is 0 Å². The first kappa shape index (κ1) is 13.1. The van der Waals surface area contributed by atoms with Crippen LogP contribution in [0.3, 0.4) is 0 Å². The minimum absolute atomic E-state index is 0.171. The summed E-state index contributed by atoms with van der Waals surface area (Å²) in [5.74, 6) is 0.616. The van der Waals surface area contributed by atoms with E-state index in [1.165, 1.54) is 0 Å². The second-order valence-electron chi connectivity index (χ2n) is 2.94. The van der Waals surface area contributed by atoms with Crippen molar-refractivity contribution in [1.82, 2.24) is 0 Å². The van der Waals surface area contributed by atoms with Crippen molar-refractivity contribution in [2.75, 3.05) is 33.2 Å². The molecule has 0 amide bonds. The van der Waals surface area contributed by atoms with E-state index in [-0.39, 0.29) is 5.25 Å². The largest absolute Gasteiger partial charge is 0.384 e. The van der Waals surface area contributed by atoms with E-state index in [2.05, 4.69) is 6.92 Å². The van der Waals surface area contributed by atoms with E-state index in [1.54, 1.807) is 14.2 Å². The van der Waals surface area contributed by atoms with Gasteiger partial charge >= 0.3 is 0 Å². The molecule has 0 bridgehead atoms. The van der Waals surface area contributed by atoms with Crippen molar-refractivity contribution in [3.63, 3.8) is 0 Å². The molecule has 2 unspecified atom stereocenters. The molecule has 0 aromatic carbocycles. The molecule has 80 valence electrons. The van der Waals surface area contributed by atoms with E-state index in [1.807, 2.05) is 0 Å². The fourth-order valence-electron chi connectivity index (χ4n) is 1.13. The van der Waals surface area contributed by atoms with Crippen LogP contribution in [0.25, 0.3) is 0 Å². The topological polar surface area (TPSA) is 35.5 Å². The lowest BCUT2D eigenvalue weighted by molar-refractivity contribution is 0.194. The van der Waals surface area contributed by atoms with E-state index in [4.69, 9.17) is 9.47 Å². The number of hydrogen-bond acceptors (Lipinski definition) is 3. The van der Waals surface area contributed by atoms with Crippen LogP contribution in [-0.2, 0) is 20.3 Å². The molecule has 4 heteroatoms. The van der Waals surface area contributed by atoms with Gasteiger partial charge in [0.1, 0.15) is 0 Å². The summed E-state index contributed by atoms with van der Waals surface area (Å²) < 4.78 is 21.5. The molecule has 0 heterocycles. The quantitative estimate of drug-likeness (QED) is 0.601. The summed E-state index contributed by atoms with van der Waals surface area (Å²) in [6.45, 7) is 3.25. The van der Waals surface area contributed by atoms with Crippen LogP contribution in [0.4, 0.5) is 0 Å². The lowest BCUT2D eigenvalue weighted by Crippen LogP contribution is -2.24.